The minimum absolute atomic E-state index is 0.291. The zero-order valence-electron chi connectivity index (χ0n) is 14.3. The van der Waals surface area contributed by atoms with Crippen LogP contribution in [-0.2, 0) is 0 Å². The first-order valence-electron chi connectivity index (χ1n) is 8.37. The van der Waals surface area contributed by atoms with E-state index in [1.807, 2.05) is 13.0 Å². The lowest BCUT2D eigenvalue weighted by molar-refractivity contribution is 0.625. The van der Waals surface area contributed by atoms with Crippen LogP contribution in [-0.4, -0.2) is 32.8 Å². The number of fused-ring (bicyclic) bond motifs is 1. The number of unbranched alkanes of at least 4 members (excludes halogenated alkanes) is 1. The normalized spacial score (nSPS) is 11.2. The van der Waals surface area contributed by atoms with Crippen LogP contribution in [0.3, 0.4) is 0 Å². The van der Waals surface area contributed by atoms with Gasteiger partial charge in [-0.15, -0.1) is 0 Å². The summed E-state index contributed by atoms with van der Waals surface area (Å²) >= 11 is 0. The number of aromatic nitrogens is 4. The number of benzene rings is 1. The van der Waals surface area contributed by atoms with E-state index in [2.05, 4.69) is 33.8 Å². The van der Waals surface area contributed by atoms with Crippen molar-refractivity contribution in [2.45, 2.75) is 33.6 Å². The molecule has 0 saturated carbocycles. The van der Waals surface area contributed by atoms with Crippen molar-refractivity contribution in [3.05, 3.63) is 42.1 Å². The van der Waals surface area contributed by atoms with Crippen LogP contribution in [0.1, 0.15) is 32.4 Å². The van der Waals surface area contributed by atoms with Gasteiger partial charge in [0, 0.05) is 13.1 Å². The largest absolute Gasteiger partial charge is 0.356 e. The molecule has 126 valence electrons. The number of nitrogens with zero attached hydrogens (tertiary/aromatic N) is 5. The maximum atomic E-state index is 13.6. The van der Waals surface area contributed by atoms with Gasteiger partial charge in [-0.2, -0.15) is 5.10 Å². The molecule has 2 aromatic heterocycles. The quantitative estimate of drug-likeness (QED) is 0.689. The maximum Gasteiger partial charge on any atom is 0.168 e. The number of rotatable bonds is 6. The van der Waals surface area contributed by atoms with Crippen LogP contribution in [0, 0.1) is 12.7 Å². The highest BCUT2D eigenvalue weighted by atomic mass is 19.1. The standard InChI is InChI=1S/C18H22FN5/c1-4-6-10-23(5-2)17-16-13(3)22-24(18(16)21-12-20-17)15-9-7-8-14(19)11-15/h7-9,11-12H,4-6,10H2,1-3H3. The fraction of sp³-hybridized carbons (Fsp3) is 0.389. The molecule has 0 fully saturated rings. The molecule has 6 heteroatoms. The Labute approximate surface area is 141 Å². The summed E-state index contributed by atoms with van der Waals surface area (Å²) in [5.74, 6) is 0.609. The third-order valence-corrected chi connectivity index (χ3v) is 4.14. The van der Waals surface area contributed by atoms with Gasteiger partial charge < -0.3 is 4.90 Å². The Morgan fingerprint density at radius 3 is 2.75 bits per heavy atom. The summed E-state index contributed by atoms with van der Waals surface area (Å²) in [4.78, 5) is 11.2. The molecule has 0 N–H and O–H groups in total. The lowest BCUT2D eigenvalue weighted by Crippen LogP contribution is -2.25. The Kier molecular flexibility index (Phi) is 4.74. The number of hydrogen-bond acceptors (Lipinski definition) is 4. The predicted octanol–water partition coefficient (Wildman–Crippen LogP) is 3.89. The van der Waals surface area contributed by atoms with Crippen molar-refractivity contribution in [3.8, 4) is 5.69 Å². The summed E-state index contributed by atoms with van der Waals surface area (Å²) in [6.45, 7) is 8.06. The Balaban J connectivity index is 2.14. The minimum atomic E-state index is -0.291. The Bertz CT molecular complexity index is 843. The molecule has 0 saturated heterocycles. The molecule has 0 aliphatic carbocycles. The number of anilines is 1. The Morgan fingerprint density at radius 2 is 2.04 bits per heavy atom. The number of halogens is 1. The van der Waals surface area contributed by atoms with Crippen molar-refractivity contribution < 1.29 is 4.39 Å². The van der Waals surface area contributed by atoms with Gasteiger partial charge >= 0.3 is 0 Å². The van der Waals surface area contributed by atoms with E-state index in [9.17, 15) is 4.39 Å². The fourth-order valence-electron chi connectivity index (χ4n) is 2.89. The first-order valence-corrected chi connectivity index (χ1v) is 8.37. The van der Waals surface area contributed by atoms with E-state index in [1.54, 1.807) is 17.1 Å². The average molecular weight is 327 g/mol. The van der Waals surface area contributed by atoms with E-state index in [0.717, 1.165) is 42.8 Å². The van der Waals surface area contributed by atoms with Gasteiger partial charge in [0.25, 0.3) is 0 Å². The fourth-order valence-corrected chi connectivity index (χ4v) is 2.89. The molecule has 0 radical (unpaired) electrons. The lowest BCUT2D eigenvalue weighted by Gasteiger charge is -2.22. The molecule has 0 spiro atoms. The average Bonchev–Trinajstić information content (AvgIpc) is 2.93. The maximum absolute atomic E-state index is 13.6. The molecule has 2 heterocycles. The first-order chi connectivity index (χ1) is 11.7. The van der Waals surface area contributed by atoms with Gasteiger partial charge in [0.2, 0.25) is 0 Å². The monoisotopic (exact) mass is 327 g/mol. The molecule has 1 aromatic carbocycles. The van der Waals surface area contributed by atoms with Crippen molar-refractivity contribution in [1.29, 1.82) is 0 Å². The zero-order valence-corrected chi connectivity index (χ0v) is 14.3. The number of aryl methyl sites for hydroxylation is 1. The summed E-state index contributed by atoms with van der Waals surface area (Å²) in [6.07, 6.45) is 3.80. The van der Waals surface area contributed by atoms with Crippen LogP contribution in [0.5, 0.6) is 0 Å². The molecule has 5 nitrogen and oxygen atoms in total. The van der Waals surface area contributed by atoms with Crippen molar-refractivity contribution in [1.82, 2.24) is 19.7 Å². The Hall–Kier alpha value is -2.50. The van der Waals surface area contributed by atoms with Gasteiger partial charge in [-0.3, -0.25) is 0 Å². The van der Waals surface area contributed by atoms with Crippen LogP contribution < -0.4 is 4.90 Å². The molecule has 0 bridgehead atoms. The highest BCUT2D eigenvalue weighted by Crippen LogP contribution is 2.28. The van der Waals surface area contributed by atoms with E-state index in [0.29, 0.717) is 11.3 Å². The Morgan fingerprint density at radius 1 is 1.21 bits per heavy atom. The second-order valence-corrected chi connectivity index (χ2v) is 5.81. The third-order valence-electron chi connectivity index (χ3n) is 4.14. The van der Waals surface area contributed by atoms with Crippen molar-refractivity contribution in [3.63, 3.8) is 0 Å². The molecule has 0 aliphatic rings. The summed E-state index contributed by atoms with van der Waals surface area (Å²) in [7, 11) is 0. The van der Waals surface area contributed by atoms with Crippen molar-refractivity contribution >= 4 is 16.9 Å². The van der Waals surface area contributed by atoms with Gasteiger partial charge in [-0.05, 0) is 38.5 Å². The van der Waals surface area contributed by atoms with Crippen LogP contribution >= 0.6 is 0 Å². The molecular formula is C18H22FN5. The van der Waals surface area contributed by atoms with Crippen molar-refractivity contribution in [2.75, 3.05) is 18.0 Å². The molecule has 0 atom stereocenters. The summed E-state index contributed by atoms with van der Waals surface area (Å²) in [5, 5.41) is 5.51. The van der Waals surface area contributed by atoms with E-state index in [4.69, 9.17) is 0 Å². The van der Waals surface area contributed by atoms with E-state index < -0.39 is 0 Å². The molecule has 0 aliphatic heterocycles. The van der Waals surface area contributed by atoms with Gasteiger partial charge in [0.1, 0.15) is 18.0 Å². The summed E-state index contributed by atoms with van der Waals surface area (Å²) in [5.41, 5.74) is 2.22. The van der Waals surface area contributed by atoms with Gasteiger partial charge in [-0.1, -0.05) is 19.4 Å². The van der Waals surface area contributed by atoms with Gasteiger partial charge in [0.05, 0.1) is 16.8 Å². The third kappa shape index (κ3) is 2.96. The second kappa shape index (κ2) is 6.95. The molecule has 3 aromatic rings. The summed E-state index contributed by atoms with van der Waals surface area (Å²) < 4.78 is 15.3. The molecule has 24 heavy (non-hydrogen) atoms. The smallest absolute Gasteiger partial charge is 0.168 e. The molecule has 3 rings (SSSR count). The zero-order chi connectivity index (χ0) is 17.1. The van der Waals surface area contributed by atoms with Crippen LogP contribution in [0.15, 0.2) is 30.6 Å². The molecule has 0 amide bonds. The minimum Gasteiger partial charge on any atom is -0.356 e. The van der Waals surface area contributed by atoms with Gasteiger partial charge in [0.15, 0.2) is 5.65 Å². The highest BCUT2D eigenvalue weighted by molar-refractivity contribution is 5.90. The summed E-state index contributed by atoms with van der Waals surface area (Å²) in [6, 6.07) is 6.38. The van der Waals surface area contributed by atoms with E-state index in [1.165, 1.54) is 12.1 Å². The lowest BCUT2D eigenvalue weighted by atomic mass is 10.2. The number of hydrogen-bond donors (Lipinski definition) is 0. The topological polar surface area (TPSA) is 46.8 Å². The van der Waals surface area contributed by atoms with Crippen LogP contribution in [0.4, 0.5) is 10.2 Å². The van der Waals surface area contributed by atoms with E-state index >= 15 is 0 Å². The SMILES string of the molecule is CCCCN(CC)c1ncnc2c1c(C)nn2-c1cccc(F)c1. The van der Waals surface area contributed by atoms with Crippen molar-refractivity contribution in [2.24, 2.45) is 0 Å². The molecular weight excluding hydrogens is 305 g/mol. The first kappa shape index (κ1) is 16.4. The van der Waals surface area contributed by atoms with E-state index in [-0.39, 0.29) is 5.82 Å². The molecule has 0 unspecified atom stereocenters. The highest BCUT2D eigenvalue weighted by Gasteiger charge is 2.18. The predicted molar refractivity (Wildman–Crippen MR) is 94.2 cm³/mol. The van der Waals surface area contributed by atoms with Gasteiger partial charge in [-0.25, -0.2) is 19.0 Å². The van der Waals surface area contributed by atoms with Crippen LogP contribution in [0.2, 0.25) is 0 Å². The second-order valence-electron chi connectivity index (χ2n) is 5.81. The van der Waals surface area contributed by atoms with Crippen LogP contribution in [0.25, 0.3) is 16.7 Å².